The van der Waals surface area contributed by atoms with Crippen LogP contribution < -0.4 is 16.0 Å². The van der Waals surface area contributed by atoms with E-state index in [0.29, 0.717) is 30.2 Å². The van der Waals surface area contributed by atoms with E-state index in [0.717, 1.165) is 24.8 Å². The molecule has 2 rings (SSSR count). The Labute approximate surface area is 163 Å². The Balaban J connectivity index is 1.50. The van der Waals surface area contributed by atoms with Crippen molar-refractivity contribution in [2.24, 2.45) is 0 Å². The van der Waals surface area contributed by atoms with Gasteiger partial charge in [0.2, 0.25) is 5.91 Å². The van der Waals surface area contributed by atoms with E-state index in [4.69, 9.17) is 11.6 Å². The minimum absolute atomic E-state index is 0.102. The molecule has 0 aromatic heterocycles. The first kappa shape index (κ1) is 20.7. The molecular weight excluding hydrogens is 369 g/mol. The summed E-state index contributed by atoms with van der Waals surface area (Å²) in [6, 6.07) is 12.7. The van der Waals surface area contributed by atoms with Crippen molar-refractivity contribution in [3.63, 3.8) is 0 Å². The molecule has 2 aromatic rings. The van der Waals surface area contributed by atoms with Crippen molar-refractivity contribution in [3.05, 3.63) is 64.9 Å². The molecule has 0 radical (unpaired) electrons. The van der Waals surface area contributed by atoms with Crippen molar-refractivity contribution >= 4 is 29.2 Å². The Hall–Kier alpha value is -2.60. The minimum atomic E-state index is -0.335. The number of hydrogen-bond acceptors (Lipinski definition) is 2. The Morgan fingerprint density at radius 3 is 2.30 bits per heavy atom. The number of amides is 3. The maximum atomic E-state index is 12.8. The van der Waals surface area contributed by atoms with Crippen LogP contribution in [0.2, 0.25) is 5.02 Å². The van der Waals surface area contributed by atoms with Crippen molar-refractivity contribution in [1.29, 1.82) is 0 Å². The minimum Gasteiger partial charge on any atom is -0.338 e. The molecule has 0 aliphatic rings. The number of halogens is 2. The van der Waals surface area contributed by atoms with Crippen LogP contribution in [-0.2, 0) is 11.3 Å². The zero-order chi connectivity index (χ0) is 19.5. The fourth-order valence-electron chi connectivity index (χ4n) is 2.39. The van der Waals surface area contributed by atoms with E-state index in [1.54, 1.807) is 12.1 Å². The van der Waals surface area contributed by atoms with Crippen molar-refractivity contribution in [3.8, 4) is 0 Å². The van der Waals surface area contributed by atoms with E-state index in [-0.39, 0.29) is 17.8 Å². The van der Waals surface area contributed by atoms with Crippen LogP contribution in [0.3, 0.4) is 0 Å². The average Bonchev–Trinajstić information content (AvgIpc) is 2.66. The van der Waals surface area contributed by atoms with Gasteiger partial charge in [-0.1, -0.05) is 30.2 Å². The molecule has 0 atom stereocenters. The number of hydrogen-bond donors (Lipinski definition) is 3. The molecule has 0 aliphatic carbocycles. The highest BCUT2D eigenvalue weighted by Crippen LogP contribution is 2.10. The fourth-order valence-corrected chi connectivity index (χ4v) is 2.52. The van der Waals surface area contributed by atoms with Gasteiger partial charge in [0.25, 0.3) is 0 Å². The monoisotopic (exact) mass is 391 g/mol. The second kappa shape index (κ2) is 11.2. The highest BCUT2D eigenvalue weighted by Gasteiger charge is 2.03. The summed E-state index contributed by atoms with van der Waals surface area (Å²) in [7, 11) is 0. The molecule has 27 heavy (non-hydrogen) atoms. The maximum Gasteiger partial charge on any atom is 0.315 e. The maximum absolute atomic E-state index is 12.8. The highest BCUT2D eigenvalue weighted by molar-refractivity contribution is 6.30. The molecule has 3 amide bonds. The molecule has 3 N–H and O–H groups in total. The summed E-state index contributed by atoms with van der Waals surface area (Å²) in [5, 5.41) is 8.94. The molecule has 0 saturated heterocycles. The quantitative estimate of drug-likeness (QED) is 0.551. The average molecular weight is 392 g/mol. The van der Waals surface area contributed by atoms with E-state index in [1.165, 1.54) is 24.3 Å². The number of anilines is 1. The van der Waals surface area contributed by atoms with E-state index < -0.39 is 0 Å². The molecule has 5 nitrogen and oxygen atoms in total. The smallest absolute Gasteiger partial charge is 0.315 e. The van der Waals surface area contributed by atoms with Gasteiger partial charge in [-0.25, -0.2) is 9.18 Å². The van der Waals surface area contributed by atoms with E-state index in [2.05, 4.69) is 16.0 Å². The summed E-state index contributed by atoms with van der Waals surface area (Å²) >= 11 is 5.81. The van der Waals surface area contributed by atoms with Crippen molar-refractivity contribution in [2.45, 2.75) is 32.2 Å². The van der Waals surface area contributed by atoms with Crippen LogP contribution in [0.1, 0.15) is 31.2 Å². The lowest BCUT2D eigenvalue weighted by Crippen LogP contribution is -2.35. The van der Waals surface area contributed by atoms with E-state index in [9.17, 15) is 14.0 Å². The van der Waals surface area contributed by atoms with Gasteiger partial charge in [0.1, 0.15) is 5.82 Å². The van der Waals surface area contributed by atoms with E-state index >= 15 is 0 Å². The summed E-state index contributed by atoms with van der Waals surface area (Å²) in [5.74, 6) is -0.437. The zero-order valence-corrected chi connectivity index (χ0v) is 15.7. The molecular formula is C20H23ClFN3O2. The van der Waals surface area contributed by atoms with Gasteiger partial charge in [-0.3, -0.25) is 4.79 Å². The number of nitrogens with one attached hydrogen (secondary N) is 3. The largest absolute Gasteiger partial charge is 0.338 e. The lowest BCUT2D eigenvalue weighted by molar-refractivity contribution is -0.116. The predicted molar refractivity (Wildman–Crippen MR) is 105 cm³/mol. The van der Waals surface area contributed by atoms with Crippen molar-refractivity contribution in [2.75, 3.05) is 11.9 Å². The van der Waals surface area contributed by atoms with Gasteiger partial charge in [-0.05, 0) is 54.8 Å². The molecule has 0 heterocycles. The first-order chi connectivity index (χ1) is 13.0. The third kappa shape index (κ3) is 8.55. The van der Waals surface area contributed by atoms with Crippen LogP contribution in [-0.4, -0.2) is 18.5 Å². The van der Waals surface area contributed by atoms with Gasteiger partial charge < -0.3 is 16.0 Å². The van der Waals surface area contributed by atoms with Crippen LogP contribution >= 0.6 is 11.6 Å². The van der Waals surface area contributed by atoms with Crippen molar-refractivity contribution < 1.29 is 14.0 Å². The Bertz CT molecular complexity index is 736. The Kier molecular flexibility index (Phi) is 8.58. The summed E-state index contributed by atoms with van der Waals surface area (Å²) in [5.41, 5.74) is 1.56. The molecule has 0 unspecified atom stereocenters. The van der Waals surface area contributed by atoms with Gasteiger partial charge in [0.05, 0.1) is 0 Å². The SMILES string of the molecule is O=C(CCCCCNC(=O)NCc1ccc(Cl)cc1)Nc1ccc(F)cc1. The van der Waals surface area contributed by atoms with Gasteiger partial charge in [0.15, 0.2) is 0 Å². The predicted octanol–water partition coefficient (Wildman–Crippen LogP) is 4.48. The van der Waals surface area contributed by atoms with Crippen LogP contribution in [0, 0.1) is 5.82 Å². The summed E-state index contributed by atoms with van der Waals surface area (Å²) in [4.78, 5) is 23.5. The Morgan fingerprint density at radius 1 is 0.889 bits per heavy atom. The number of carbonyl (C=O) groups excluding carboxylic acids is 2. The standard InChI is InChI=1S/C20H23ClFN3O2/c21-16-7-5-15(6-8-16)14-24-20(27)23-13-3-1-2-4-19(26)25-18-11-9-17(22)10-12-18/h5-12H,1-4,13-14H2,(H,25,26)(H2,23,24,27). The number of carbonyl (C=O) groups is 2. The van der Waals surface area contributed by atoms with Gasteiger partial charge in [0, 0.05) is 30.2 Å². The van der Waals surface area contributed by atoms with Crippen LogP contribution in [0.4, 0.5) is 14.9 Å². The van der Waals surface area contributed by atoms with Crippen LogP contribution in [0.5, 0.6) is 0 Å². The molecule has 144 valence electrons. The van der Waals surface area contributed by atoms with Gasteiger partial charge >= 0.3 is 6.03 Å². The van der Waals surface area contributed by atoms with Crippen LogP contribution in [0.15, 0.2) is 48.5 Å². The first-order valence-electron chi connectivity index (χ1n) is 8.84. The second-order valence-electron chi connectivity index (χ2n) is 6.10. The Morgan fingerprint density at radius 2 is 1.59 bits per heavy atom. The number of rotatable bonds is 9. The van der Waals surface area contributed by atoms with Gasteiger partial charge in [-0.15, -0.1) is 0 Å². The first-order valence-corrected chi connectivity index (χ1v) is 9.22. The highest BCUT2D eigenvalue weighted by atomic mass is 35.5. The molecule has 2 aromatic carbocycles. The number of urea groups is 1. The third-order valence-electron chi connectivity index (χ3n) is 3.86. The van der Waals surface area contributed by atoms with Crippen molar-refractivity contribution in [1.82, 2.24) is 10.6 Å². The molecule has 0 saturated carbocycles. The lowest BCUT2D eigenvalue weighted by atomic mass is 10.2. The summed E-state index contributed by atoms with van der Waals surface area (Å²) in [6.45, 7) is 0.985. The lowest BCUT2D eigenvalue weighted by Gasteiger charge is -2.08. The molecule has 0 aliphatic heterocycles. The molecule has 7 heteroatoms. The summed E-state index contributed by atoms with van der Waals surface area (Å²) < 4.78 is 12.8. The number of benzene rings is 2. The summed E-state index contributed by atoms with van der Waals surface area (Å²) in [6.07, 6.45) is 2.73. The molecule has 0 fully saturated rings. The third-order valence-corrected chi connectivity index (χ3v) is 4.11. The van der Waals surface area contributed by atoms with Crippen LogP contribution in [0.25, 0.3) is 0 Å². The normalized spacial score (nSPS) is 10.3. The molecule has 0 bridgehead atoms. The van der Waals surface area contributed by atoms with E-state index in [1.807, 2.05) is 12.1 Å². The topological polar surface area (TPSA) is 70.2 Å². The molecule has 0 spiro atoms. The zero-order valence-electron chi connectivity index (χ0n) is 14.9. The fraction of sp³-hybridized carbons (Fsp3) is 0.300. The second-order valence-corrected chi connectivity index (χ2v) is 6.54. The number of unbranched alkanes of at least 4 members (excludes halogenated alkanes) is 2. The van der Waals surface area contributed by atoms with Gasteiger partial charge in [-0.2, -0.15) is 0 Å².